The van der Waals surface area contributed by atoms with E-state index in [2.05, 4.69) is 20.4 Å². The zero-order valence-electron chi connectivity index (χ0n) is 36.9. The second-order valence-electron chi connectivity index (χ2n) is 16.0. The molecule has 4 rings (SSSR count). The summed E-state index contributed by atoms with van der Waals surface area (Å²) >= 11 is 23.6. The van der Waals surface area contributed by atoms with E-state index in [0.717, 1.165) is 64.4 Å². The van der Waals surface area contributed by atoms with Crippen LogP contribution in [0.1, 0.15) is 56.1 Å². The minimum Gasteiger partial charge on any atom is -0.463 e. The summed E-state index contributed by atoms with van der Waals surface area (Å²) in [5, 5.41) is 6.35. The minimum atomic E-state index is -0.905. The molecular weight excluding hydrogens is 922 g/mol. The highest BCUT2D eigenvalue weighted by Crippen LogP contribution is 2.19. The predicted octanol–water partition coefficient (Wildman–Crippen LogP) is 3.17. The molecule has 65 heavy (non-hydrogen) atoms. The van der Waals surface area contributed by atoms with E-state index in [0.29, 0.717) is 62.8 Å². The van der Waals surface area contributed by atoms with Crippen molar-refractivity contribution in [3.8, 4) is 0 Å². The lowest BCUT2D eigenvalue weighted by Crippen LogP contribution is -2.41. The van der Waals surface area contributed by atoms with Crippen molar-refractivity contribution in [1.82, 2.24) is 20.4 Å². The second kappa shape index (κ2) is 29.1. The molecule has 2 aliphatic heterocycles. The van der Waals surface area contributed by atoms with Crippen LogP contribution in [0.25, 0.3) is 0 Å². The summed E-state index contributed by atoms with van der Waals surface area (Å²) in [6.45, 7) is 3.40. The number of imide groups is 2. The molecule has 16 nitrogen and oxygen atoms in total. The van der Waals surface area contributed by atoms with Gasteiger partial charge < -0.3 is 41.4 Å². The molecule has 6 N–H and O–H groups in total. The van der Waals surface area contributed by atoms with Gasteiger partial charge in [0.15, 0.2) is 0 Å². The molecule has 2 fully saturated rings. The lowest BCUT2D eigenvalue weighted by Gasteiger charge is -2.23. The first-order valence-electron chi connectivity index (χ1n) is 22.3. The van der Waals surface area contributed by atoms with Gasteiger partial charge in [-0.15, -0.1) is 46.4 Å². The van der Waals surface area contributed by atoms with E-state index in [1.165, 1.54) is 0 Å². The van der Waals surface area contributed by atoms with Gasteiger partial charge >= 0.3 is 11.9 Å². The third kappa shape index (κ3) is 17.5. The number of nitrogens with zero attached hydrogens (tertiary/aromatic N) is 4. The van der Waals surface area contributed by atoms with Crippen molar-refractivity contribution in [3.05, 3.63) is 59.7 Å². The molecule has 0 radical (unpaired) electrons. The number of ether oxygens (including phenoxy) is 2. The highest BCUT2D eigenvalue weighted by molar-refractivity contribution is 6.19. The lowest BCUT2D eigenvalue weighted by molar-refractivity contribution is -0.149. The fraction of sp³-hybridized carbons (Fsp3) is 0.600. The van der Waals surface area contributed by atoms with Gasteiger partial charge in [0.25, 0.3) is 0 Å². The Bertz CT molecular complexity index is 1690. The molecule has 4 atom stereocenters. The Morgan fingerprint density at radius 2 is 0.923 bits per heavy atom. The van der Waals surface area contributed by atoms with Gasteiger partial charge in [-0.05, 0) is 74.2 Å². The number of hydrogen-bond acceptors (Lipinski definition) is 14. The molecule has 0 bridgehead atoms. The third-order valence-corrected chi connectivity index (χ3v) is 12.0. The molecule has 2 aromatic rings. The van der Waals surface area contributed by atoms with Crippen LogP contribution in [0.5, 0.6) is 0 Å². The first-order chi connectivity index (χ1) is 31.4. The van der Waals surface area contributed by atoms with Crippen molar-refractivity contribution in [2.45, 2.75) is 82.0 Å². The van der Waals surface area contributed by atoms with Gasteiger partial charge in [-0.3, -0.25) is 38.6 Å². The van der Waals surface area contributed by atoms with Crippen molar-refractivity contribution in [2.24, 2.45) is 11.5 Å². The van der Waals surface area contributed by atoms with Gasteiger partial charge in [-0.2, -0.15) is 0 Å². The lowest BCUT2D eigenvalue weighted by atomic mass is 10.1. The van der Waals surface area contributed by atoms with E-state index in [-0.39, 0.29) is 75.6 Å². The molecule has 4 amide bonds. The third-order valence-electron chi connectivity index (χ3n) is 11.3. The van der Waals surface area contributed by atoms with Gasteiger partial charge in [-0.1, -0.05) is 43.5 Å². The Balaban J connectivity index is 1.02. The van der Waals surface area contributed by atoms with Crippen LogP contribution in [0.4, 0.5) is 11.4 Å². The fourth-order valence-corrected chi connectivity index (χ4v) is 8.50. The topological polar surface area (TPSA) is 210 Å². The normalized spacial score (nSPS) is 17.2. The number of nitrogens with two attached hydrogens (primary N) is 2. The highest BCUT2D eigenvalue weighted by atomic mass is 35.5. The van der Waals surface area contributed by atoms with E-state index >= 15 is 0 Å². The summed E-state index contributed by atoms with van der Waals surface area (Å²) in [5.41, 5.74) is 15.9. The SMILES string of the molecule is N[C@@H](Cc1ccc(N(CCCl)CCCl)cc1)C(=O)OCCN1C(=O)CC(NCCCCCCCNC2CC(=O)N(CCOC(=O)[C@@H](N)Cc3ccc(N(CCCl)CCCl)cc3)C2=O)C1=O. The van der Waals surface area contributed by atoms with Gasteiger partial charge in [0.2, 0.25) is 23.6 Å². The molecule has 2 saturated heterocycles. The summed E-state index contributed by atoms with van der Waals surface area (Å²) in [6, 6.07) is 12.2. The predicted molar refractivity (Wildman–Crippen MR) is 255 cm³/mol. The number of anilines is 2. The summed E-state index contributed by atoms with van der Waals surface area (Å²) in [7, 11) is 0. The molecule has 2 heterocycles. The maximum absolute atomic E-state index is 12.9. The van der Waals surface area contributed by atoms with Crippen molar-refractivity contribution < 1.29 is 38.2 Å². The van der Waals surface area contributed by atoms with Crippen LogP contribution in [0.2, 0.25) is 0 Å². The summed E-state index contributed by atoms with van der Waals surface area (Å²) in [4.78, 5) is 82.6. The Morgan fingerprint density at radius 1 is 0.585 bits per heavy atom. The van der Waals surface area contributed by atoms with Crippen molar-refractivity contribution >= 4 is 93.3 Å². The Hall–Kier alpha value is -3.74. The number of esters is 2. The average molecular weight is 987 g/mol. The first kappa shape index (κ1) is 53.9. The van der Waals surface area contributed by atoms with E-state index in [1.807, 2.05) is 48.5 Å². The van der Waals surface area contributed by atoms with Crippen LogP contribution in [0.15, 0.2) is 48.5 Å². The van der Waals surface area contributed by atoms with Crippen LogP contribution in [0, 0.1) is 0 Å². The molecule has 0 aromatic heterocycles. The molecule has 2 aromatic carbocycles. The summed E-state index contributed by atoms with van der Waals surface area (Å²) in [5.74, 6) is -0.674. The van der Waals surface area contributed by atoms with Crippen molar-refractivity contribution in [1.29, 1.82) is 0 Å². The number of nitrogens with one attached hydrogen (secondary N) is 2. The molecule has 2 unspecified atom stereocenters. The maximum Gasteiger partial charge on any atom is 0.323 e. The number of hydrogen-bond donors (Lipinski definition) is 4. The number of carbonyl (C=O) groups is 6. The number of unbranched alkanes of at least 4 members (excludes halogenated alkanes) is 4. The largest absolute Gasteiger partial charge is 0.463 e. The van der Waals surface area contributed by atoms with Gasteiger partial charge in [0.1, 0.15) is 25.3 Å². The number of rotatable bonds is 32. The van der Waals surface area contributed by atoms with Crippen LogP contribution >= 0.6 is 46.4 Å². The molecule has 360 valence electrons. The van der Waals surface area contributed by atoms with Crippen LogP contribution < -0.4 is 31.9 Å². The molecule has 0 spiro atoms. The van der Waals surface area contributed by atoms with E-state index in [4.69, 9.17) is 67.3 Å². The Kier molecular flexibility index (Phi) is 24.1. The number of likely N-dealkylation sites (tertiary alicyclic amines) is 2. The number of alkyl halides is 4. The van der Waals surface area contributed by atoms with Crippen molar-refractivity contribution in [3.63, 3.8) is 0 Å². The van der Waals surface area contributed by atoms with Crippen LogP contribution in [-0.2, 0) is 51.1 Å². The van der Waals surface area contributed by atoms with E-state index in [9.17, 15) is 28.8 Å². The van der Waals surface area contributed by atoms with Crippen LogP contribution in [-0.4, -0.2) is 159 Å². The number of benzene rings is 2. The van der Waals surface area contributed by atoms with Gasteiger partial charge in [0.05, 0.1) is 38.0 Å². The van der Waals surface area contributed by atoms with Gasteiger partial charge in [0, 0.05) is 61.1 Å². The number of amides is 4. The molecular formula is C45H64Cl4N8O8. The standard InChI is InChI=1S/C45H64Cl4N8O8/c46-14-20-54(21-15-47)34-10-6-32(7-11-34)28-36(50)44(62)64-26-24-56-40(58)30-38(42(56)60)52-18-4-2-1-3-5-19-53-39-31-41(59)57(43(39)61)25-27-65-45(63)37(51)29-33-8-12-35(13-9-33)55(22-16-48)23-17-49/h6-13,36-39,52-53H,1-5,14-31,50-51H2/t36-,37-,38?,39?/m0/s1. The number of carbonyl (C=O) groups excluding carboxylic acids is 6. The molecule has 0 aliphatic carbocycles. The fourth-order valence-electron chi connectivity index (χ4n) is 7.69. The number of halogens is 4. The zero-order chi connectivity index (χ0) is 47.1. The summed E-state index contributed by atoms with van der Waals surface area (Å²) < 4.78 is 10.6. The average Bonchev–Trinajstić information content (AvgIpc) is 3.72. The maximum atomic E-state index is 12.9. The van der Waals surface area contributed by atoms with E-state index < -0.39 is 36.1 Å². The smallest absolute Gasteiger partial charge is 0.323 e. The Labute approximate surface area is 402 Å². The van der Waals surface area contributed by atoms with Crippen molar-refractivity contribution in [2.75, 3.05) is 98.9 Å². The molecule has 0 saturated carbocycles. The molecule has 20 heteroatoms. The van der Waals surface area contributed by atoms with E-state index in [1.54, 1.807) is 0 Å². The van der Waals surface area contributed by atoms with Crippen LogP contribution in [0.3, 0.4) is 0 Å². The molecule has 2 aliphatic rings. The first-order valence-corrected chi connectivity index (χ1v) is 24.5. The summed E-state index contributed by atoms with van der Waals surface area (Å²) in [6.07, 6.45) is 4.96. The quantitative estimate of drug-likeness (QED) is 0.0360. The van der Waals surface area contributed by atoms with Gasteiger partial charge in [-0.25, -0.2) is 0 Å². The monoisotopic (exact) mass is 984 g/mol. The minimum absolute atomic E-state index is 0.0409. The second-order valence-corrected chi connectivity index (χ2v) is 17.5. The zero-order valence-corrected chi connectivity index (χ0v) is 39.9. The highest BCUT2D eigenvalue weighted by Gasteiger charge is 2.39. The Morgan fingerprint density at radius 3 is 1.26 bits per heavy atom.